The van der Waals surface area contributed by atoms with Gasteiger partial charge in [-0.3, -0.25) is 0 Å². The number of hydrogen-bond donors (Lipinski definition) is 1. The van der Waals surface area contributed by atoms with Gasteiger partial charge in [0, 0.05) is 25.8 Å². The Bertz CT molecular complexity index is 408. The average molecular weight is 302 g/mol. The fourth-order valence-electron chi connectivity index (χ4n) is 3.30. The Morgan fingerprint density at radius 1 is 1.00 bits per heavy atom. The van der Waals surface area contributed by atoms with Gasteiger partial charge in [0.1, 0.15) is 0 Å². The van der Waals surface area contributed by atoms with Gasteiger partial charge in [-0.2, -0.15) is 0 Å². The minimum absolute atomic E-state index is 0.0928. The monoisotopic (exact) mass is 302 g/mol. The third-order valence-electron chi connectivity index (χ3n) is 4.89. The summed E-state index contributed by atoms with van der Waals surface area (Å²) in [5, 5.41) is -0.0928. The van der Waals surface area contributed by atoms with E-state index in [2.05, 4.69) is 9.62 Å². The number of nitrogens with zero attached hydrogens (tertiary/aromatic N) is 1. The number of hydrogen-bond acceptors (Lipinski definition) is 4. The lowest BCUT2D eigenvalue weighted by atomic mass is 9.94. The predicted molar refractivity (Wildman–Crippen MR) is 78.1 cm³/mol. The molecule has 3 aliphatic rings. The van der Waals surface area contributed by atoms with E-state index < -0.39 is 10.0 Å². The quantitative estimate of drug-likeness (QED) is 0.822. The summed E-state index contributed by atoms with van der Waals surface area (Å²) in [4.78, 5) is 2.58. The number of ether oxygens (including phenoxy) is 1. The first-order chi connectivity index (χ1) is 9.65. The van der Waals surface area contributed by atoms with Crippen molar-refractivity contribution in [1.82, 2.24) is 9.62 Å². The minimum atomic E-state index is -3.00. The summed E-state index contributed by atoms with van der Waals surface area (Å²) >= 11 is 0. The summed E-state index contributed by atoms with van der Waals surface area (Å²) < 4.78 is 31.9. The van der Waals surface area contributed by atoms with Gasteiger partial charge in [0.05, 0.1) is 5.25 Å². The predicted octanol–water partition coefficient (Wildman–Crippen LogP) is 0.959. The third-order valence-corrected chi connectivity index (χ3v) is 6.81. The lowest BCUT2D eigenvalue weighted by molar-refractivity contribution is 0.0214. The van der Waals surface area contributed by atoms with Crippen LogP contribution in [0, 0.1) is 5.92 Å². The van der Waals surface area contributed by atoms with Crippen molar-refractivity contribution < 1.29 is 13.2 Å². The van der Waals surface area contributed by atoms with E-state index in [1.165, 1.54) is 0 Å². The van der Waals surface area contributed by atoms with Crippen LogP contribution in [0.3, 0.4) is 0 Å². The molecular formula is C14H26N2O3S. The van der Waals surface area contributed by atoms with E-state index in [9.17, 15) is 8.42 Å². The van der Waals surface area contributed by atoms with Gasteiger partial charge in [-0.15, -0.1) is 0 Å². The highest BCUT2D eigenvalue weighted by Crippen LogP contribution is 2.28. The van der Waals surface area contributed by atoms with E-state index in [4.69, 9.17) is 4.74 Å². The second-order valence-corrected chi connectivity index (χ2v) is 8.46. The van der Waals surface area contributed by atoms with Crippen LogP contribution in [0.25, 0.3) is 0 Å². The van der Waals surface area contributed by atoms with E-state index in [-0.39, 0.29) is 5.25 Å². The lowest BCUT2D eigenvalue weighted by Gasteiger charge is -2.39. The molecule has 0 amide bonds. The van der Waals surface area contributed by atoms with Gasteiger partial charge >= 0.3 is 0 Å². The first-order valence-electron chi connectivity index (χ1n) is 7.95. The maximum atomic E-state index is 11.8. The molecule has 3 fully saturated rings. The molecule has 2 saturated heterocycles. The van der Waals surface area contributed by atoms with Crippen LogP contribution in [0.5, 0.6) is 0 Å². The molecule has 5 nitrogen and oxygen atoms in total. The summed E-state index contributed by atoms with van der Waals surface area (Å²) in [6.07, 6.45) is 6.22. The van der Waals surface area contributed by atoms with E-state index in [1.54, 1.807) is 0 Å². The van der Waals surface area contributed by atoms with Crippen molar-refractivity contribution in [2.45, 2.75) is 49.8 Å². The van der Waals surface area contributed by atoms with E-state index in [0.717, 1.165) is 64.8 Å². The van der Waals surface area contributed by atoms with E-state index in [1.807, 2.05) is 0 Å². The molecule has 0 atom stereocenters. The molecule has 2 aliphatic heterocycles. The van der Waals surface area contributed by atoms with Gasteiger partial charge in [-0.05, 0) is 57.5 Å². The van der Waals surface area contributed by atoms with Gasteiger partial charge in [-0.1, -0.05) is 0 Å². The minimum Gasteiger partial charge on any atom is -0.381 e. The molecule has 0 aromatic heterocycles. The Kier molecular flexibility index (Phi) is 4.65. The SMILES string of the molecule is O=S(=O)(NCC1CCN(C2CCOCC2)CC1)C1CC1. The summed E-state index contributed by atoms with van der Waals surface area (Å²) in [7, 11) is -3.00. The molecule has 20 heavy (non-hydrogen) atoms. The molecule has 0 unspecified atom stereocenters. The van der Waals surface area contributed by atoms with Crippen molar-refractivity contribution in [2.24, 2.45) is 5.92 Å². The van der Waals surface area contributed by atoms with Crippen LogP contribution < -0.4 is 4.72 Å². The van der Waals surface area contributed by atoms with E-state index >= 15 is 0 Å². The molecular weight excluding hydrogens is 276 g/mol. The zero-order valence-corrected chi connectivity index (χ0v) is 12.9. The fraction of sp³-hybridized carbons (Fsp3) is 1.00. The van der Waals surface area contributed by atoms with Gasteiger partial charge < -0.3 is 9.64 Å². The number of likely N-dealkylation sites (tertiary alicyclic amines) is 1. The number of nitrogens with one attached hydrogen (secondary N) is 1. The van der Waals surface area contributed by atoms with Crippen LogP contribution in [-0.2, 0) is 14.8 Å². The molecule has 116 valence electrons. The summed E-state index contributed by atoms with van der Waals surface area (Å²) in [6.45, 7) is 4.65. The third kappa shape index (κ3) is 3.72. The highest BCUT2D eigenvalue weighted by Gasteiger charge is 2.36. The van der Waals surface area contributed by atoms with Crippen LogP contribution in [0.4, 0.5) is 0 Å². The van der Waals surface area contributed by atoms with Crippen LogP contribution in [0.2, 0.25) is 0 Å². The number of piperidine rings is 1. The Morgan fingerprint density at radius 2 is 1.65 bits per heavy atom. The Morgan fingerprint density at radius 3 is 2.25 bits per heavy atom. The van der Waals surface area contributed by atoms with Crippen LogP contribution in [0.15, 0.2) is 0 Å². The largest absolute Gasteiger partial charge is 0.381 e. The zero-order valence-electron chi connectivity index (χ0n) is 12.1. The van der Waals surface area contributed by atoms with Crippen molar-refractivity contribution in [2.75, 3.05) is 32.8 Å². The second kappa shape index (κ2) is 6.30. The molecule has 6 heteroatoms. The first-order valence-corrected chi connectivity index (χ1v) is 9.50. The van der Waals surface area contributed by atoms with Gasteiger partial charge in [0.15, 0.2) is 0 Å². The highest BCUT2D eigenvalue weighted by atomic mass is 32.2. The molecule has 0 aromatic rings. The smallest absolute Gasteiger partial charge is 0.214 e. The highest BCUT2D eigenvalue weighted by molar-refractivity contribution is 7.90. The maximum Gasteiger partial charge on any atom is 0.214 e. The lowest BCUT2D eigenvalue weighted by Crippen LogP contribution is -2.45. The Hall–Kier alpha value is -0.170. The van der Waals surface area contributed by atoms with Crippen molar-refractivity contribution in [3.8, 4) is 0 Å². The summed E-state index contributed by atoms with van der Waals surface area (Å²) in [5.74, 6) is 0.514. The first kappa shape index (κ1) is 14.8. The zero-order chi connectivity index (χ0) is 14.0. The van der Waals surface area contributed by atoms with E-state index in [0.29, 0.717) is 18.5 Å². The summed E-state index contributed by atoms with van der Waals surface area (Å²) in [6, 6.07) is 0.688. The molecule has 0 radical (unpaired) electrons. The standard InChI is InChI=1S/C14H26N2O3S/c17-20(18,14-1-2-14)15-11-12-3-7-16(8-4-12)13-5-9-19-10-6-13/h12-15H,1-11H2. The molecule has 2 heterocycles. The van der Waals surface area contributed by atoms with Crippen molar-refractivity contribution in [1.29, 1.82) is 0 Å². The summed E-state index contributed by atoms with van der Waals surface area (Å²) in [5.41, 5.74) is 0. The second-order valence-electron chi connectivity index (χ2n) is 6.42. The van der Waals surface area contributed by atoms with Crippen LogP contribution in [-0.4, -0.2) is 57.5 Å². The van der Waals surface area contributed by atoms with Crippen molar-refractivity contribution >= 4 is 10.0 Å². The molecule has 1 aliphatic carbocycles. The van der Waals surface area contributed by atoms with Gasteiger partial charge in [-0.25, -0.2) is 13.1 Å². The molecule has 1 N–H and O–H groups in total. The molecule has 0 spiro atoms. The topological polar surface area (TPSA) is 58.6 Å². The molecule has 0 aromatic carbocycles. The normalized spacial score (nSPS) is 27.8. The van der Waals surface area contributed by atoms with Crippen LogP contribution >= 0.6 is 0 Å². The molecule has 0 bridgehead atoms. The Balaban J connectivity index is 1.39. The molecule has 1 saturated carbocycles. The number of sulfonamides is 1. The van der Waals surface area contributed by atoms with Gasteiger partial charge in [0.2, 0.25) is 10.0 Å². The van der Waals surface area contributed by atoms with Crippen LogP contribution in [0.1, 0.15) is 38.5 Å². The average Bonchev–Trinajstić information content (AvgIpc) is 3.32. The van der Waals surface area contributed by atoms with Crippen molar-refractivity contribution in [3.63, 3.8) is 0 Å². The molecule has 3 rings (SSSR count). The number of rotatable bonds is 5. The van der Waals surface area contributed by atoms with Crippen molar-refractivity contribution in [3.05, 3.63) is 0 Å². The van der Waals surface area contributed by atoms with Gasteiger partial charge in [0.25, 0.3) is 0 Å². The Labute approximate surface area is 122 Å². The maximum absolute atomic E-state index is 11.8. The fourth-order valence-corrected chi connectivity index (χ4v) is 4.76.